The maximum Gasteiger partial charge on any atom is 0.314 e. The molecule has 1 aromatic rings. The monoisotopic (exact) mass is 287 g/mol. The molecular formula is C16H17NO4. The highest BCUT2D eigenvalue weighted by Crippen LogP contribution is 2.35. The van der Waals surface area contributed by atoms with Gasteiger partial charge in [-0.25, -0.2) is 0 Å². The van der Waals surface area contributed by atoms with Gasteiger partial charge in [0.25, 0.3) is 5.91 Å². The van der Waals surface area contributed by atoms with Crippen LogP contribution in [-0.4, -0.2) is 36.7 Å². The fourth-order valence-electron chi connectivity index (χ4n) is 2.82. The van der Waals surface area contributed by atoms with Gasteiger partial charge in [0.2, 0.25) is 0 Å². The first-order chi connectivity index (χ1) is 10.2. The molecule has 0 spiro atoms. The molecule has 2 aliphatic heterocycles. The number of carbonyl (C=O) groups is 2. The molecule has 3 rings (SSSR count). The average molecular weight is 287 g/mol. The van der Waals surface area contributed by atoms with Gasteiger partial charge in [-0.2, -0.15) is 0 Å². The maximum absolute atomic E-state index is 12.3. The Hall–Kier alpha value is -2.14. The van der Waals surface area contributed by atoms with Gasteiger partial charge in [-0.05, 0) is 19.1 Å². The quantitative estimate of drug-likeness (QED) is 0.669. The van der Waals surface area contributed by atoms with E-state index in [1.807, 2.05) is 18.2 Å². The van der Waals surface area contributed by atoms with Gasteiger partial charge in [0.15, 0.2) is 0 Å². The van der Waals surface area contributed by atoms with E-state index in [1.54, 1.807) is 31.2 Å². The fourth-order valence-corrected chi connectivity index (χ4v) is 2.82. The van der Waals surface area contributed by atoms with E-state index < -0.39 is 5.92 Å². The van der Waals surface area contributed by atoms with Crippen molar-refractivity contribution >= 4 is 11.9 Å². The van der Waals surface area contributed by atoms with Gasteiger partial charge in [0, 0.05) is 5.56 Å². The van der Waals surface area contributed by atoms with Gasteiger partial charge in [0.1, 0.15) is 5.92 Å². The van der Waals surface area contributed by atoms with Crippen molar-refractivity contribution in [2.45, 2.75) is 25.2 Å². The van der Waals surface area contributed by atoms with Crippen molar-refractivity contribution in [3.8, 4) is 0 Å². The van der Waals surface area contributed by atoms with E-state index in [0.717, 1.165) is 0 Å². The Balaban J connectivity index is 1.75. The van der Waals surface area contributed by atoms with Crippen molar-refractivity contribution in [3.05, 3.63) is 48.0 Å². The number of carbonyl (C=O) groups excluding carboxylic acids is 2. The largest absolute Gasteiger partial charge is 0.466 e. The molecule has 0 radical (unpaired) electrons. The van der Waals surface area contributed by atoms with Gasteiger partial charge < -0.3 is 14.8 Å². The van der Waals surface area contributed by atoms with Crippen molar-refractivity contribution in [1.29, 1.82) is 0 Å². The molecule has 4 unspecified atom stereocenters. The Labute approximate surface area is 122 Å². The summed E-state index contributed by atoms with van der Waals surface area (Å²) in [5, 5.41) is 2.90. The first kappa shape index (κ1) is 13.8. The number of benzene rings is 1. The second-order valence-electron chi connectivity index (χ2n) is 5.09. The lowest BCUT2D eigenvalue weighted by molar-refractivity contribution is -0.149. The minimum absolute atomic E-state index is 0.209. The summed E-state index contributed by atoms with van der Waals surface area (Å²) >= 11 is 0. The van der Waals surface area contributed by atoms with E-state index in [9.17, 15) is 9.59 Å². The van der Waals surface area contributed by atoms with Crippen molar-refractivity contribution in [1.82, 2.24) is 5.32 Å². The van der Waals surface area contributed by atoms with Gasteiger partial charge in [-0.3, -0.25) is 9.59 Å². The Morgan fingerprint density at radius 3 is 2.62 bits per heavy atom. The lowest BCUT2D eigenvalue weighted by Gasteiger charge is -2.24. The predicted octanol–water partition coefficient (Wildman–Crippen LogP) is 1.30. The van der Waals surface area contributed by atoms with Crippen LogP contribution in [0.15, 0.2) is 42.5 Å². The zero-order valence-electron chi connectivity index (χ0n) is 11.7. The number of hydrogen-bond donors (Lipinski definition) is 1. The molecule has 5 heteroatoms. The highest BCUT2D eigenvalue weighted by atomic mass is 16.5. The first-order valence-corrected chi connectivity index (χ1v) is 7.07. The minimum atomic E-state index is -0.479. The number of esters is 1. The third-order valence-corrected chi connectivity index (χ3v) is 3.79. The Morgan fingerprint density at radius 1 is 1.19 bits per heavy atom. The van der Waals surface area contributed by atoms with Crippen LogP contribution in [0.2, 0.25) is 0 Å². The molecule has 110 valence electrons. The topological polar surface area (TPSA) is 64.6 Å². The molecule has 2 aliphatic rings. The van der Waals surface area contributed by atoms with Gasteiger partial charge in [-0.1, -0.05) is 30.4 Å². The summed E-state index contributed by atoms with van der Waals surface area (Å²) in [6.07, 6.45) is 3.17. The molecule has 1 saturated heterocycles. The van der Waals surface area contributed by atoms with Crippen molar-refractivity contribution in [2.24, 2.45) is 5.92 Å². The summed E-state index contributed by atoms with van der Waals surface area (Å²) in [6, 6.07) is 8.54. The lowest BCUT2D eigenvalue weighted by Crippen LogP contribution is -2.48. The van der Waals surface area contributed by atoms with E-state index in [4.69, 9.17) is 9.47 Å². The standard InChI is InChI=1S/C16H17NO4/c1-2-20-16(19)13-11-8-9-12(21-11)14(13)17-15(18)10-6-4-3-5-7-10/h3-9,11-14H,2H2,1H3,(H,17,18). The van der Waals surface area contributed by atoms with E-state index in [2.05, 4.69) is 5.32 Å². The van der Waals surface area contributed by atoms with E-state index in [1.165, 1.54) is 0 Å². The summed E-state index contributed by atoms with van der Waals surface area (Å²) in [7, 11) is 0. The molecule has 0 aromatic heterocycles. The molecular weight excluding hydrogens is 270 g/mol. The van der Waals surface area contributed by atoms with Gasteiger partial charge in [0.05, 0.1) is 24.9 Å². The second kappa shape index (κ2) is 5.69. The van der Waals surface area contributed by atoms with Crippen molar-refractivity contribution < 1.29 is 19.1 Å². The SMILES string of the molecule is CCOC(=O)C1C2C=CC(O2)C1NC(=O)c1ccccc1. The van der Waals surface area contributed by atoms with Crippen LogP contribution in [0.3, 0.4) is 0 Å². The lowest BCUT2D eigenvalue weighted by atomic mass is 9.89. The van der Waals surface area contributed by atoms with Crippen LogP contribution in [0.4, 0.5) is 0 Å². The van der Waals surface area contributed by atoms with E-state index >= 15 is 0 Å². The number of rotatable bonds is 4. The van der Waals surface area contributed by atoms with Crippen molar-refractivity contribution in [2.75, 3.05) is 6.61 Å². The van der Waals surface area contributed by atoms with E-state index in [-0.39, 0.29) is 30.1 Å². The number of hydrogen-bond acceptors (Lipinski definition) is 4. The Morgan fingerprint density at radius 2 is 1.90 bits per heavy atom. The molecule has 1 amide bonds. The van der Waals surface area contributed by atoms with E-state index in [0.29, 0.717) is 12.2 Å². The number of ether oxygens (including phenoxy) is 2. The zero-order valence-corrected chi connectivity index (χ0v) is 11.7. The maximum atomic E-state index is 12.3. The van der Waals surface area contributed by atoms with Crippen LogP contribution in [0.5, 0.6) is 0 Å². The third kappa shape index (κ3) is 2.56. The number of nitrogens with one attached hydrogen (secondary N) is 1. The average Bonchev–Trinajstić information content (AvgIpc) is 3.09. The fraction of sp³-hybridized carbons (Fsp3) is 0.375. The van der Waals surface area contributed by atoms with Crippen molar-refractivity contribution in [3.63, 3.8) is 0 Å². The second-order valence-corrected chi connectivity index (χ2v) is 5.09. The van der Waals surface area contributed by atoms with Crippen LogP contribution >= 0.6 is 0 Å². The smallest absolute Gasteiger partial charge is 0.314 e. The third-order valence-electron chi connectivity index (χ3n) is 3.79. The highest BCUT2D eigenvalue weighted by Gasteiger charge is 2.51. The summed E-state index contributed by atoms with van der Waals surface area (Å²) < 4.78 is 10.8. The van der Waals surface area contributed by atoms with Crippen LogP contribution in [-0.2, 0) is 14.3 Å². The number of fused-ring (bicyclic) bond motifs is 2. The van der Waals surface area contributed by atoms with Crippen LogP contribution in [0, 0.1) is 5.92 Å². The molecule has 5 nitrogen and oxygen atoms in total. The molecule has 4 atom stereocenters. The van der Waals surface area contributed by atoms with Crippen LogP contribution < -0.4 is 5.32 Å². The van der Waals surface area contributed by atoms with Crippen LogP contribution in [0.1, 0.15) is 17.3 Å². The van der Waals surface area contributed by atoms with Gasteiger partial charge >= 0.3 is 5.97 Å². The predicted molar refractivity (Wildman–Crippen MR) is 75.6 cm³/mol. The molecule has 2 bridgehead atoms. The Bertz CT molecular complexity index is 569. The Kier molecular flexibility index (Phi) is 3.75. The molecule has 21 heavy (non-hydrogen) atoms. The number of amides is 1. The highest BCUT2D eigenvalue weighted by molar-refractivity contribution is 5.95. The minimum Gasteiger partial charge on any atom is -0.466 e. The summed E-state index contributed by atoms with van der Waals surface area (Å²) in [4.78, 5) is 24.3. The first-order valence-electron chi connectivity index (χ1n) is 7.07. The molecule has 0 saturated carbocycles. The van der Waals surface area contributed by atoms with Gasteiger partial charge in [-0.15, -0.1) is 0 Å². The molecule has 1 N–H and O–H groups in total. The molecule has 0 aliphatic carbocycles. The summed E-state index contributed by atoms with van der Waals surface area (Å²) in [6.45, 7) is 2.08. The molecule has 1 fully saturated rings. The molecule has 2 heterocycles. The zero-order chi connectivity index (χ0) is 14.8. The normalized spacial score (nSPS) is 29.4. The molecule has 1 aromatic carbocycles. The summed E-state index contributed by atoms with van der Waals surface area (Å²) in [5.74, 6) is -1.01. The van der Waals surface area contributed by atoms with Crippen LogP contribution in [0.25, 0.3) is 0 Å². The summed E-state index contributed by atoms with van der Waals surface area (Å²) in [5.41, 5.74) is 0.562.